The van der Waals surface area contributed by atoms with Crippen LogP contribution in [0.5, 0.6) is 0 Å². The number of hydrogen-bond donors (Lipinski definition) is 2. The van der Waals surface area contributed by atoms with E-state index < -0.39 is 23.2 Å². The Bertz CT molecular complexity index is 1480. The van der Waals surface area contributed by atoms with Crippen LogP contribution in [0.2, 0.25) is 0 Å². The van der Waals surface area contributed by atoms with Gasteiger partial charge in [-0.05, 0) is 60.1 Å². The van der Waals surface area contributed by atoms with E-state index >= 15 is 0 Å². The largest absolute Gasteiger partial charge is 0.394 e. The van der Waals surface area contributed by atoms with Gasteiger partial charge in [0.1, 0.15) is 11.6 Å². The molecule has 0 amide bonds. The van der Waals surface area contributed by atoms with Gasteiger partial charge in [-0.2, -0.15) is 10.2 Å². The number of rotatable bonds is 6. The number of aliphatic hydroxyl groups is 2. The molecule has 3 heterocycles. The molecule has 3 aromatic heterocycles. The van der Waals surface area contributed by atoms with Crippen molar-refractivity contribution in [2.75, 3.05) is 6.61 Å². The van der Waals surface area contributed by atoms with Gasteiger partial charge in [-0.1, -0.05) is 26.0 Å². The van der Waals surface area contributed by atoms with Crippen LogP contribution in [0.4, 0.5) is 8.78 Å². The zero-order valence-electron chi connectivity index (χ0n) is 20.6. The maximum Gasteiger partial charge on any atom is 0.135 e. The molecule has 7 nitrogen and oxygen atoms in total. The van der Waals surface area contributed by atoms with Gasteiger partial charge < -0.3 is 10.2 Å². The highest BCUT2D eigenvalue weighted by Gasteiger charge is 2.65. The van der Waals surface area contributed by atoms with Crippen molar-refractivity contribution in [3.8, 4) is 22.5 Å². The summed E-state index contributed by atoms with van der Waals surface area (Å²) in [5.74, 6) is -1.17. The second-order valence-corrected chi connectivity index (χ2v) is 10.5. The van der Waals surface area contributed by atoms with Crippen LogP contribution in [0.25, 0.3) is 22.5 Å². The van der Waals surface area contributed by atoms with E-state index in [0.717, 1.165) is 41.1 Å². The number of benzene rings is 1. The summed E-state index contributed by atoms with van der Waals surface area (Å²) in [5.41, 5.74) is 3.51. The summed E-state index contributed by atoms with van der Waals surface area (Å²) in [7, 11) is 0. The molecule has 2 aliphatic carbocycles. The van der Waals surface area contributed by atoms with Crippen molar-refractivity contribution in [2.24, 2.45) is 5.41 Å². The molecule has 4 aromatic rings. The van der Waals surface area contributed by atoms with Gasteiger partial charge in [-0.15, -0.1) is 5.10 Å². The molecule has 37 heavy (non-hydrogen) atoms. The molecule has 3 atom stereocenters. The lowest BCUT2D eigenvalue weighted by molar-refractivity contribution is 0.0783. The zero-order valence-corrected chi connectivity index (χ0v) is 20.6. The Kier molecular flexibility index (Phi) is 5.47. The first-order valence-corrected chi connectivity index (χ1v) is 12.4. The lowest BCUT2D eigenvalue weighted by Gasteiger charge is -2.37. The molecule has 2 aliphatic rings. The molecule has 0 unspecified atom stereocenters. The lowest BCUT2D eigenvalue weighted by atomic mass is 9.66. The summed E-state index contributed by atoms with van der Waals surface area (Å²) in [6, 6.07) is 11.5. The summed E-state index contributed by atoms with van der Waals surface area (Å²) in [6.45, 7) is 4.26. The second-order valence-electron chi connectivity index (χ2n) is 10.5. The first kappa shape index (κ1) is 23.8. The minimum atomic E-state index is -0.890. The van der Waals surface area contributed by atoms with Crippen LogP contribution < -0.4 is 0 Å². The van der Waals surface area contributed by atoms with Gasteiger partial charge in [-0.3, -0.25) is 9.67 Å². The molecule has 0 radical (unpaired) electrons. The molecule has 6 rings (SSSR count). The van der Waals surface area contributed by atoms with Crippen LogP contribution in [-0.2, 0) is 12.0 Å². The summed E-state index contributed by atoms with van der Waals surface area (Å²) < 4.78 is 30.6. The minimum absolute atomic E-state index is 0.153. The maximum atomic E-state index is 14.5. The van der Waals surface area contributed by atoms with Gasteiger partial charge in [0.2, 0.25) is 0 Å². The third-order valence-electron chi connectivity index (χ3n) is 8.32. The van der Waals surface area contributed by atoms with E-state index in [-0.39, 0.29) is 35.7 Å². The van der Waals surface area contributed by atoms with Crippen LogP contribution in [0.1, 0.15) is 49.6 Å². The Morgan fingerprint density at radius 1 is 1.08 bits per heavy atom. The normalized spacial score (nSPS) is 22.3. The number of nitrogens with zero attached hydrogens (tertiary/aromatic N) is 5. The Morgan fingerprint density at radius 2 is 1.84 bits per heavy atom. The topological polar surface area (TPSA) is 97.0 Å². The fraction of sp³-hybridized carbons (Fsp3) is 0.357. The molecule has 0 saturated heterocycles. The fourth-order valence-electron chi connectivity index (χ4n) is 6.46. The lowest BCUT2D eigenvalue weighted by Crippen LogP contribution is -2.37. The van der Waals surface area contributed by atoms with E-state index in [0.29, 0.717) is 0 Å². The summed E-state index contributed by atoms with van der Waals surface area (Å²) >= 11 is 0. The van der Waals surface area contributed by atoms with Crippen molar-refractivity contribution in [3.05, 3.63) is 83.4 Å². The highest BCUT2D eigenvalue weighted by molar-refractivity contribution is 5.65. The molecular formula is C28H27F2N5O2. The average molecular weight is 504 g/mol. The smallest absolute Gasteiger partial charge is 0.135 e. The van der Waals surface area contributed by atoms with Crippen molar-refractivity contribution in [2.45, 2.75) is 50.7 Å². The van der Waals surface area contributed by atoms with Crippen LogP contribution in [-0.4, -0.2) is 47.9 Å². The molecule has 9 heteroatoms. The van der Waals surface area contributed by atoms with E-state index in [1.165, 1.54) is 18.2 Å². The molecule has 2 N–H and O–H groups in total. The maximum absolute atomic E-state index is 14.5. The Hall–Kier alpha value is -3.56. The molecule has 2 bridgehead atoms. The van der Waals surface area contributed by atoms with Crippen molar-refractivity contribution in [1.29, 1.82) is 0 Å². The zero-order chi connectivity index (χ0) is 25.9. The Morgan fingerprint density at radius 3 is 2.59 bits per heavy atom. The Labute approximate surface area is 212 Å². The van der Waals surface area contributed by atoms with Gasteiger partial charge >= 0.3 is 0 Å². The van der Waals surface area contributed by atoms with Gasteiger partial charge in [0, 0.05) is 11.8 Å². The molecular weight excluding hydrogens is 476 g/mol. The van der Waals surface area contributed by atoms with Crippen molar-refractivity contribution < 1.29 is 19.0 Å². The first-order chi connectivity index (χ1) is 17.8. The number of fused-ring (bicyclic) bond motifs is 5. The van der Waals surface area contributed by atoms with Crippen LogP contribution in [0.15, 0.2) is 54.9 Å². The summed E-state index contributed by atoms with van der Waals surface area (Å²) in [5, 5.41) is 32.1. The predicted octanol–water partition coefficient (Wildman–Crippen LogP) is 4.24. The van der Waals surface area contributed by atoms with Crippen molar-refractivity contribution >= 4 is 0 Å². The highest BCUT2D eigenvalue weighted by atomic mass is 19.1. The number of aromatic nitrogens is 5. The highest BCUT2D eigenvalue weighted by Crippen LogP contribution is 2.69. The number of aliphatic hydroxyl groups excluding tert-OH is 2. The third-order valence-corrected chi connectivity index (χ3v) is 8.32. The predicted molar refractivity (Wildman–Crippen MR) is 132 cm³/mol. The van der Waals surface area contributed by atoms with Gasteiger partial charge in [0.15, 0.2) is 0 Å². The number of halogens is 2. The van der Waals surface area contributed by atoms with Crippen LogP contribution in [0, 0.1) is 17.0 Å². The second kappa shape index (κ2) is 8.49. The van der Waals surface area contributed by atoms with Gasteiger partial charge in [0.05, 0.1) is 59.2 Å². The molecule has 1 fully saturated rings. The average Bonchev–Trinajstić information content (AvgIpc) is 3.51. The van der Waals surface area contributed by atoms with Gasteiger partial charge in [-0.25, -0.2) is 8.78 Å². The first-order valence-electron chi connectivity index (χ1n) is 12.4. The minimum Gasteiger partial charge on any atom is -0.394 e. The van der Waals surface area contributed by atoms with Crippen molar-refractivity contribution in [1.82, 2.24) is 25.0 Å². The van der Waals surface area contributed by atoms with E-state index in [4.69, 9.17) is 10.1 Å². The van der Waals surface area contributed by atoms with E-state index in [2.05, 4.69) is 29.1 Å². The van der Waals surface area contributed by atoms with E-state index in [9.17, 15) is 13.9 Å². The monoisotopic (exact) mass is 503 g/mol. The van der Waals surface area contributed by atoms with Crippen LogP contribution in [0.3, 0.4) is 0 Å². The summed E-state index contributed by atoms with van der Waals surface area (Å²) in [4.78, 5) is 5.06. The molecule has 0 aliphatic heterocycles. The Balaban J connectivity index is 1.43. The SMILES string of the molecule is CC1(C)[C@H]2CC[C@]1(c1cccc(-c3cnn(C[C@H](O)CO)c3)n1)c1nnc(-c3c(F)cccc3F)cc12. The van der Waals surface area contributed by atoms with Crippen LogP contribution >= 0.6 is 0 Å². The third kappa shape index (κ3) is 3.44. The molecule has 190 valence electrons. The van der Waals surface area contributed by atoms with Gasteiger partial charge in [0.25, 0.3) is 0 Å². The fourth-order valence-corrected chi connectivity index (χ4v) is 6.46. The molecule has 0 spiro atoms. The quantitative estimate of drug-likeness (QED) is 0.409. The number of pyridine rings is 1. The van der Waals surface area contributed by atoms with E-state index in [1.807, 2.05) is 18.2 Å². The van der Waals surface area contributed by atoms with E-state index in [1.54, 1.807) is 23.1 Å². The summed E-state index contributed by atoms with van der Waals surface area (Å²) in [6.07, 6.45) is 4.35. The molecule has 1 aromatic carbocycles. The van der Waals surface area contributed by atoms with Crippen molar-refractivity contribution in [3.63, 3.8) is 0 Å². The molecule has 1 saturated carbocycles. The standard InChI is InChI=1S/C28H27F2N5O2/c1-27(2)19-9-10-28(27,26-18(19)11-23(33-34-26)25-20(29)5-3-6-21(25)30)24-8-4-7-22(32-24)16-12-31-35(13-16)14-17(37)15-36/h3-8,11-13,17,19,36-37H,9-10,14-15H2,1-2H3/t17-,19-,28-/m0/s1. The number of hydrogen-bond acceptors (Lipinski definition) is 6.